The predicted octanol–water partition coefficient (Wildman–Crippen LogP) is 4.90. The molecule has 0 saturated heterocycles. The molecule has 11 heteroatoms. The van der Waals surface area contributed by atoms with Crippen molar-refractivity contribution in [2.75, 3.05) is 12.3 Å². The number of anilines is 1. The maximum Gasteiger partial charge on any atom is 0.417 e. The van der Waals surface area contributed by atoms with E-state index in [0.29, 0.717) is 24.2 Å². The van der Waals surface area contributed by atoms with E-state index < -0.39 is 28.5 Å². The van der Waals surface area contributed by atoms with Gasteiger partial charge in [-0.1, -0.05) is 17.7 Å². The molecule has 0 saturated carbocycles. The summed E-state index contributed by atoms with van der Waals surface area (Å²) in [6.45, 7) is 0.228. The molecule has 0 unspecified atom stereocenters. The summed E-state index contributed by atoms with van der Waals surface area (Å²) >= 11 is 5.58. The van der Waals surface area contributed by atoms with Gasteiger partial charge in [-0.15, -0.1) is 0 Å². The number of carbonyl (C=O) groups excluding carboxylic acids is 1. The molecule has 1 amide bonds. The average Bonchev–Trinajstić information content (AvgIpc) is 3.11. The largest absolute Gasteiger partial charge is 0.417 e. The van der Waals surface area contributed by atoms with Crippen molar-refractivity contribution in [2.45, 2.75) is 19.0 Å². The van der Waals surface area contributed by atoms with E-state index in [0.717, 1.165) is 18.2 Å². The molecule has 0 aliphatic carbocycles. The average molecular weight is 492 g/mol. The number of amides is 1. The number of nitrogens with two attached hydrogens (primary N) is 1. The van der Waals surface area contributed by atoms with Crippen LogP contribution in [0.15, 0.2) is 48.5 Å². The third-order valence-electron chi connectivity index (χ3n) is 4.79. The monoisotopic (exact) mass is 491 g/mol. The van der Waals surface area contributed by atoms with Gasteiger partial charge in [-0.3, -0.25) is 4.79 Å². The highest BCUT2D eigenvalue weighted by molar-refractivity contribution is 6.31. The number of benzene rings is 2. The quantitative estimate of drug-likeness (QED) is 0.279. The summed E-state index contributed by atoms with van der Waals surface area (Å²) < 4.78 is 53.3. The van der Waals surface area contributed by atoms with Crippen molar-refractivity contribution in [1.29, 1.82) is 5.26 Å². The van der Waals surface area contributed by atoms with Crippen molar-refractivity contribution in [3.8, 4) is 11.8 Å². The molecule has 176 valence electrons. The number of alkyl halides is 3. The molecule has 0 aliphatic rings. The Morgan fingerprint density at radius 2 is 1.94 bits per heavy atom. The summed E-state index contributed by atoms with van der Waals surface area (Å²) in [4.78, 5) is 12.0. The molecule has 3 aromatic rings. The lowest BCUT2D eigenvalue weighted by Gasteiger charge is -2.09. The van der Waals surface area contributed by atoms with Gasteiger partial charge in [0.25, 0.3) is 0 Å². The molecule has 3 rings (SSSR count). The standard InChI is InChI=1S/C23H18ClF4N5O/c24-19-9-3-14(12-18(19)23(26,27)28)4-10-21(34)31-11-1-2-20-17(13-29)22(30)33(32-20)16-7-5-15(25)6-8-16/h3-10,12H,1-2,11,30H2,(H,31,34)/b10-4+. The maximum absolute atomic E-state index is 13.2. The van der Waals surface area contributed by atoms with Crippen LogP contribution in [0.3, 0.4) is 0 Å². The van der Waals surface area contributed by atoms with Crippen molar-refractivity contribution in [1.82, 2.24) is 15.1 Å². The van der Waals surface area contributed by atoms with E-state index in [1.54, 1.807) is 0 Å². The van der Waals surface area contributed by atoms with E-state index in [1.807, 2.05) is 6.07 Å². The minimum absolute atomic E-state index is 0.122. The van der Waals surface area contributed by atoms with Crippen LogP contribution in [0.2, 0.25) is 5.02 Å². The topological polar surface area (TPSA) is 96.7 Å². The van der Waals surface area contributed by atoms with Crippen LogP contribution in [0, 0.1) is 17.1 Å². The second-order valence-electron chi connectivity index (χ2n) is 7.17. The fourth-order valence-corrected chi connectivity index (χ4v) is 3.34. The first-order valence-electron chi connectivity index (χ1n) is 9.96. The zero-order valence-corrected chi connectivity index (χ0v) is 18.3. The number of rotatable bonds is 7. The Balaban J connectivity index is 1.58. The molecule has 0 fully saturated rings. The molecule has 0 radical (unpaired) electrons. The summed E-state index contributed by atoms with van der Waals surface area (Å²) in [5.74, 6) is -0.797. The summed E-state index contributed by atoms with van der Waals surface area (Å²) in [5.41, 5.74) is 6.31. The number of nitrogens with one attached hydrogen (secondary N) is 1. The fourth-order valence-electron chi connectivity index (χ4n) is 3.12. The molecule has 0 spiro atoms. The Hall–Kier alpha value is -3.84. The SMILES string of the molecule is N#Cc1c(CCCNC(=O)/C=C/c2ccc(Cl)c(C(F)(F)F)c2)nn(-c2ccc(F)cc2)c1N. The van der Waals surface area contributed by atoms with Crippen LogP contribution in [0.25, 0.3) is 11.8 Å². The Morgan fingerprint density at radius 1 is 1.24 bits per heavy atom. The lowest BCUT2D eigenvalue weighted by molar-refractivity contribution is -0.137. The van der Waals surface area contributed by atoms with Crippen LogP contribution in [-0.4, -0.2) is 22.2 Å². The number of halogens is 5. The highest BCUT2D eigenvalue weighted by atomic mass is 35.5. The third kappa shape index (κ3) is 5.94. The van der Waals surface area contributed by atoms with Gasteiger partial charge in [0, 0.05) is 12.6 Å². The first-order chi connectivity index (χ1) is 16.1. The fraction of sp³-hybridized carbons (Fsp3) is 0.174. The lowest BCUT2D eigenvalue weighted by atomic mass is 10.1. The first kappa shape index (κ1) is 24.8. The van der Waals surface area contributed by atoms with Crippen LogP contribution in [0.4, 0.5) is 23.4 Å². The summed E-state index contributed by atoms with van der Waals surface area (Å²) in [6, 6.07) is 10.8. The number of nitriles is 1. The van der Waals surface area contributed by atoms with Crippen LogP contribution >= 0.6 is 11.6 Å². The summed E-state index contributed by atoms with van der Waals surface area (Å²) in [6.07, 6.45) is -1.48. The van der Waals surface area contributed by atoms with Gasteiger partial charge in [0.1, 0.15) is 23.3 Å². The number of hydrogen-bond donors (Lipinski definition) is 2. The van der Waals surface area contributed by atoms with Crippen LogP contribution in [0.5, 0.6) is 0 Å². The zero-order chi connectivity index (χ0) is 24.9. The van der Waals surface area contributed by atoms with E-state index in [-0.39, 0.29) is 23.5 Å². The number of carbonyl (C=O) groups is 1. The van der Waals surface area contributed by atoms with Gasteiger partial charge >= 0.3 is 6.18 Å². The van der Waals surface area contributed by atoms with Crippen molar-refractivity contribution in [2.24, 2.45) is 0 Å². The van der Waals surface area contributed by atoms with E-state index >= 15 is 0 Å². The van der Waals surface area contributed by atoms with Gasteiger partial charge in [-0.05, 0) is 60.9 Å². The maximum atomic E-state index is 13.2. The molecule has 0 bridgehead atoms. The van der Waals surface area contributed by atoms with Crippen molar-refractivity contribution < 1.29 is 22.4 Å². The number of aromatic nitrogens is 2. The molecule has 6 nitrogen and oxygen atoms in total. The Morgan fingerprint density at radius 3 is 2.59 bits per heavy atom. The minimum atomic E-state index is -4.60. The zero-order valence-electron chi connectivity index (χ0n) is 17.5. The Kier molecular flexibility index (Phi) is 7.58. The molecule has 3 N–H and O–H groups in total. The molecular weight excluding hydrogens is 474 g/mol. The summed E-state index contributed by atoms with van der Waals surface area (Å²) in [5, 5.41) is 15.9. The highest BCUT2D eigenvalue weighted by Crippen LogP contribution is 2.35. The van der Waals surface area contributed by atoms with Crippen molar-refractivity contribution in [3.63, 3.8) is 0 Å². The molecule has 0 atom stereocenters. The van der Waals surface area contributed by atoms with Crippen molar-refractivity contribution in [3.05, 3.63) is 81.8 Å². The van der Waals surface area contributed by atoms with Crippen LogP contribution in [-0.2, 0) is 17.4 Å². The second-order valence-corrected chi connectivity index (χ2v) is 7.58. The van der Waals surface area contributed by atoms with Crippen LogP contribution < -0.4 is 11.1 Å². The van der Waals surface area contributed by atoms with Gasteiger partial charge in [-0.25, -0.2) is 9.07 Å². The van der Waals surface area contributed by atoms with Crippen LogP contribution in [0.1, 0.15) is 28.8 Å². The van der Waals surface area contributed by atoms with Gasteiger partial charge in [-0.2, -0.15) is 23.5 Å². The summed E-state index contributed by atoms with van der Waals surface area (Å²) in [7, 11) is 0. The normalized spacial score (nSPS) is 11.5. The number of nitrogen functional groups attached to an aromatic ring is 1. The minimum Gasteiger partial charge on any atom is -0.382 e. The second kappa shape index (κ2) is 10.4. The first-order valence-corrected chi connectivity index (χ1v) is 10.3. The Bertz CT molecular complexity index is 1260. The van der Waals surface area contributed by atoms with E-state index in [2.05, 4.69) is 10.4 Å². The molecule has 1 aromatic heterocycles. The number of hydrogen-bond acceptors (Lipinski definition) is 4. The van der Waals surface area contributed by atoms with E-state index in [4.69, 9.17) is 17.3 Å². The third-order valence-corrected chi connectivity index (χ3v) is 5.12. The Labute approximate surface area is 197 Å². The molecule has 34 heavy (non-hydrogen) atoms. The van der Waals surface area contributed by atoms with Gasteiger partial charge in [0.05, 0.1) is 22.0 Å². The number of aryl methyl sites for hydroxylation is 1. The molecular formula is C23H18ClF4N5O. The predicted molar refractivity (Wildman–Crippen MR) is 119 cm³/mol. The van der Waals surface area contributed by atoms with E-state index in [1.165, 1.54) is 41.1 Å². The number of nitrogens with zero attached hydrogens (tertiary/aromatic N) is 3. The molecule has 1 heterocycles. The van der Waals surface area contributed by atoms with Crippen molar-refractivity contribution >= 4 is 29.4 Å². The highest BCUT2D eigenvalue weighted by Gasteiger charge is 2.33. The molecule has 2 aromatic carbocycles. The van der Waals surface area contributed by atoms with Gasteiger partial charge < -0.3 is 11.1 Å². The van der Waals surface area contributed by atoms with Gasteiger partial charge in [0.2, 0.25) is 5.91 Å². The molecule has 0 aliphatic heterocycles. The lowest BCUT2D eigenvalue weighted by Crippen LogP contribution is -2.22. The van der Waals surface area contributed by atoms with Gasteiger partial charge in [0.15, 0.2) is 0 Å². The van der Waals surface area contributed by atoms with E-state index in [9.17, 15) is 27.6 Å². The smallest absolute Gasteiger partial charge is 0.382 e.